The van der Waals surface area contributed by atoms with Crippen molar-refractivity contribution in [1.29, 1.82) is 0 Å². The van der Waals surface area contributed by atoms with Gasteiger partial charge < -0.3 is 9.80 Å². The second kappa shape index (κ2) is 8.16. The number of rotatable bonds is 4. The molecule has 176 valence electrons. The molecular formula is C25H28N6O3. The van der Waals surface area contributed by atoms with E-state index in [0.29, 0.717) is 23.9 Å². The second-order valence-corrected chi connectivity index (χ2v) is 10.1. The smallest absolute Gasteiger partial charge is 0.255 e. The molecule has 9 nitrogen and oxygen atoms in total. The topological polar surface area (TPSA) is 98.7 Å². The van der Waals surface area contributed by atoms with Gasteiger partial charge in [-0.25, -0.2) is 9.97 Å². The molecule has 4 aliphatic rings. The number of fused-ring (bicyclic) bond motifs is 1. The first-order valence-electron chi connectivity index (χ1n) is 12.0. The maximum Gasteiger partial charge on any atom is 0.255 e. The van der Waals surface area contributed by atoms with Gasteiger partial charge in [-0.05, 0) is 44.5 Å². The highest BCUT2D eigenvalue weighted by molar-refractivity contribution is 6.06. The summed E-state index contributed by atoms with van der Waals surface area (Å²) in [5, 5.41) is 2.38. The lowest BCUT2D eigenvalue weighted by molar-refractivity contribution is -0.136. The third-order valence-corrected chi connectivity index (χ3v) is 7.89. The number of anilines is 1. The molecule has 4 aliphatic heterocycles. The molecule has 0 radical (unpaired) electrons. The Morgan fingerprint density at radius 1 is 1.06 bits per heavy atom. The van der Waals surface area contributed by atoms with Crippen LogP contribution in [0.3, 0.4) is 0 Å². The van der Waals surface area contributed by atoms with Crippen LogP contribution in [0.4, 0.5) is 5.69 Å². The average molecular weight is 461 g/mol. The minimum absolute atomic E-state index is 0.111. The Bertz CT molecular complexity index is 1140. The first-order chi connectivity index (χ1) is 16.5. The van der Waals surface area contributed by atoms with Gasteiger partial charge in [-0.15, -0.1) is 0 Å². The maximum absolute atomic E-state index is 13.1. The number of piperidine rings is 2. The van der Waals surface area contributed by atoms with Crippen LogP contribution in [-0.4, -0.2) is 69.7 Å². The largest absolute Gasteiger partial charge is 0.370 e. The molecule has 1 unspecified atom stereocenters. The zero-order valence-electron chi connectivity index (χ0n) is 19.1. The van der Waals surface area contributed by atoms with Gasteiger partial charge in [-0.3, -0.25) is 24.6 Å². The van der Waals surface area contributed by atoms with Gasteiger partial charge >= 0.3 is 0 Å². The van der Waals surface area contributed by atoms with Gasteiger partial charge in [0.1, 0.15) is 12.4 Å². The number of amides is 3. The molecule has 1 atom stereocenters. The first kappa shape index (κ1) is 21.2. The van der Waals surface area contributed by atoms with Crippen LogP contribution >= 0.6 is 0 Å². The van der Waals surface area contributed by atoms with E-state index in [1.165, 1.54) is 0 Å². The lowest BCUT2D eigenvalue weighted by Gasteiger charge is -2.55. The SMILES string of the molecule is O=C1CCC(N2Cc3c(cccc3N3CC4(CCN(Cc5cncnc5)CC4)C3)C2=O)C(=O)N1. The molecule has 0 bridgehead atoms. The molecule has 34 heavy (non-hydrogen) atoms. The Balaban J connectivity index is 1.11. The van der Waals surface area contributed by atoms with Crippen molar-refractivity contribution < 1.29 is 14.4 Å². The van der Waals surface area contributed by atoms with E-state index in [1.54, 1.807) is 11.2 Å². The van der Waals surface area contributed by atoms with Crippen molar-refractivity contribution in [2.45, 2.75) is 44.8 Å². The molecule has 0 saturated carbocycles. The van der Waals surface area contributed by atoms with Crippen molar-refractivity contribution in [1.82, 2.24) is 25.1 Å². The Hall–Kier alpha value is -3.33. The van der Waals surface area contributed by atoms with Crippen LogP contribution in [0.5, 0.6) is 0 Å². The maximum atomic E-state index is 13.1. The van der Waals surface area contributed by atoms with Crippen molar-refractivity contribution in [2.24, 2.45) is 5.41 Å². The molecule has 1 spiro atoms. The molecule has 3 saturated heterocycles. The van der Waals surface area contributed by atoms with Gasteiger partial charge in [0, 0.05) is 72.8 Å². The highest BCUT2D eigenvalue weighted by Gasteiger charge is 2.47. The number of hydrogen-bond donors (Lipinski definition) is 1. The minimum Gasteiger partial charge on any atom is -0.370 e. The predicted octanol–water partition coefficient (Wildman–Crippen LogP) is 1.34. The number of imide groups is 1. The normalized spacial score (nSPS) is 24.2. The molecule has 0 aliphatic carbocycles. The zero-order chi connectivity index (χ0) is 23.3. The number of nitrogens with zero attached hydrogens (tertiary/aromatic N) is 5. The van der Waals surface area contributed by atoms with Crippen LogP contribution in [0.2, 0.25) is 0 Å². The van der Waals surface area contributed by atoms with E-state index in [0.717, 1.165) is 62.4 Å². The Morgan fingerprint density at radius 2 is 1.82 bits per heavy atom. The summed E-state index contributed by atoms with van der Waals surface area (Å²) < 4.78 is 0. The van der Waals surface area contributed by atoms with E-state index in [9.17, 15) is 14.4 Å². The minimum atomic E-state index is -0.576. The lowest BCUT2D eigenvalue weighted by atomic mass is 9.71. The van der Waals surface area contributed by atoms with Gasteiger partial charge in [-0.1, -0.05) is 6.07 Å². The lowest BCUT2D eigenvalue weighted by Crippen LogP contribution is -2.60. The second-order valence-electron chi connectivity index (χ2n) is 10.1. The molecule has 2 aromatic rings. The molecule has 1 aromatic heterocycles. The molecule has 1 aromatic carbocycles. The zero-order valence-corrected chi connectivity index (χ0v) is 19.1. The molecule has 5 heterocycles. The molecule has 3 amide bonds. The summed E-state index contributed by atoms with van der Waals surface area (Å²) in [5.74, 6) is -0.740. The van der Waals surface area contributed by atoms with Crippen molar-refractivity contribution >= 4 is 23.4 Å². The van der Waals surface area contributed by atoms with Crippen molar-refractivity contribution in [2.75, 3.05) is 31.1 Å². The van der Waals surface area contributed by atoms with Crippen LogP contribution in [0.1, 0.15) is 47.2 Å². The molecular weight excluding hydrogens is 432 g/mol. The molecule has 9 heteroatoms. The number of hydrogen-bond acceptors (Lipinski definition) is 7. The van der Waals surface area contributed by atoms with Crippen LogP contribution in [-0.2, 0) is 22.7 Å². The number of aromatic nitrogens is 2. The third-order valence-electron chi connectivity index (χ3n) is 7.89. The van der Waals surface area contributed by atoms with E-state index in [1.807, 2.05) is 24.5 Å². The summed E-state index contributed by atoms with van der Waals surface area (Å²) in [5.41, 5.74) is 4.28. The Labute approximate surface area is 198 Å². The van der Waals surface area contributed by atoms with Gasteiger partial charge in [0.05, 0.1) is 0 Å². The van der Waals surface area contributed by atoms with E-state index in [-0.39, 0.29) is 24.1 Å². The van der Waals surface area contributed by atoms with E-state index < -0.39 is 6.04 Å². The first-order valence-corrected chi connectivity index (χ1v) is 12.0. The van der Waals surface area contributed by atoms with E-state index >= 15 is 0 Å². The van der Waals surface area contributed by atoms with Crippen LogP contribution in [0.15, 0.2) is 36.9 Å². The fourth-order valence-corrected chi connectivity index (χ4v) is 5.97. The standard InChI is InChI=1S/C25H28N6O3/c32-22-5-4-21(23(33)28-22)31-13-19-18(24(31)34)2-1-3-20(19)30-14-25(15-30)6-8-29(9-7-25)12-17-10-26-16-27-11-17/h1-3,10-11,16,21H,4-9,12-15H2,(H,28,32,33). The summed E-state index contributed by atoms with van der Waals surface area (Å²) in [6.45, 7) is 5.45. The molecule has 3 fully saturated rings. The van der Waals surface area contributed by atoms with Crippen molar-refractivity contribution in [3.8, 4) is 0 Å². The summed E-state index contributed by atoms with van der Waals surface area (Å²) in [6, 6.07) is 5.31. The van der Waals surface area contributed by atoms with E-state index in [2.05, 4.69) is 31.2 Å². The Morgan fingerprint density at radius 3 is 2.56 bits per heavy atom. The summed E-state index contributed by atoms with van der Waals surface area (Å²) in [6.07, 6.45) is 8.32. The Kier molecular flexibility index (Phi) is 5.09. The average Bonchev–Trinajstić information content (AvgIpc) is 3.15. The van der Waals surface area contributed by atoms with Gasteiger partial charge in [0.15, 0.2) is 0 Å². The van der Waals surface area contributed by atoms with E-state index in [4.69, 9.17) is 0 Å². The number of carbonyl (C=O) groups is 3. The monoisotopic (exact) mass is 460 g/mol. The number of carbonyl (C=O) groups excluding carboxylic acids is 3. The highest BCUT2D eigenvalue weighted by atomic mass is 16.2. The van der Waals surface area contributed by atoms with Crippen LogP contribution in [0, 0.1) is 5.41 Å². The highest BCUT2D eigenvalue weighted by Crippen LogP contribution is 2.45. The summed E-state index contributed by atoms with van der Waals surface area (Å²) >= 11 is 0. The molecule has 6 rings (SSSR count). The quantitative estimate of drug-likeness (QED) is 0.688. The number of benzene rings is 1. The van der Waals surface area contributed by atoms with Gasteiger partial charge in [0.25, 0.3) is 5.91 Å². The number of nitrogens with one attached hydrogen (secondary N) is 1. The van der Waals surface area contributed by atoms with Gasteiger partial charge in [0.2, 0.25) is 11.8 Å². The van der Waals surface area contributed by atoms with Crippen LogP contribution < -0.4 is 10.2 Å². The number of likely N-dealkylation sites (tertiary alicyclic amines) is 1. The third kappa shape index (κ3) is 3.64. The fraction of sp³-hybridized carbons (Fsp3) is 0.480. The fourth-order valence-electron chi connectivity index (χ4n) is 5.97. The summed E-state index contributed by atoms with van der Waals surface area (Å²) in [4.78, 5) is 51.8. The summed E-state index contributed by atoms with van der Waals surface area (Å²) in [7, 11) is 0. The van der Waals surface area contributed by atoms with Crippen LogP contribution in [0.25, 0.3) is 0 Å². The van der Waals surface area contributed by atoms with Gasteiger partial charge in [-0.2, -0.15) is 0 Å². The van der Waals surface area contributed by atoms with Crippen molar-refractivity contribution in [3.05, 3.63) is 53.6 Å². The predicted molar refractivity (Wildman–Crippen MR) is 124 cm³/mol. The van der Waals surface area contributed by atoms with Crippen molar-refractivity contribution in [3.63, 3.8) is 0 Å². The molecule has 1 N–H and O–H groups in total.